The van der Waals surface area contributed by atoms with E-state index in [1.165, 1.54) is 23.1 Å². The molecule has 6 heteroatoms. The molecule has 0 aliphatic heterocycles. The van der Waals surface area contributed by atoms with Crippen LogP contribution in [0.15, 0.2) is 34.2 Å². The van der Waals surface area contributed by atoms with Gasteiger partial charge in [0.2, 0.25) is 0 Å². The van der Waals surface area contributed by atoms with Crippen LogP contribution in [0.25, 0.3) is 11.3 Å². The first-order valence-electron chi connectivity index (χ1n) is 4.75. The first-order valence-corrected chi connectivity index (χ1v) is 6.44. The van der Waals surface area contributed by atoms with E-state index < -0.39 is 0 Å². The quantitative estimate of drug-likeness (QED) is 0.621. The van der Waals surface area contributed by atoms with E-state index in [-0.39, 0.29) is 37.8 Å². The van der Waals surface area contributed by atoms with Crippen molar-refractivity contribution in [3.05, 3.63) is 29.9 Å². The van der Waals surface area contributed by atoms with Crippen LogP contribution in [0.5, 0.6) is 0 Å². The van der Waals surface area contributed by atoms with Crippen LogP contribution >= 0.6 is 23.1 Å². The van der Waals surface area contributed by atoms with Crippen molar-refractivity contribution >= 4 is 28.2 Å². The van der Waals surface area contributed by atoms with E-state index >= 15 is 0 Å². The molecule has 2 rings (SSSR count). The fourth-order valence-electron chi connectivity index (χ4n) is 1.23. The van der Waals surface area contributed by atoms with Crippen LogP contribution in [-0.4, -0.2) is 10.1 Å². The second-order valence-electron chi connectivity index (χ2n) is 3.34. The maximum atomic E-state index is 10.9. The van der Waals surface area contributed by atoms with Crippen LogP contribution in [0.1, 0.15) is 6.92 Å². The predicted octanol–water partition coefficient (Wildman–Crippen LogP) is 2.27. The van der Waals surface area contributed by atoms with Gasteiger partial charge in [0.25, 0.3) is 0 Å². The van der Waals surface area contributed by atoms with E-state index in [1.807, 2.05) is 41.5 Å². The van der Waals surface area contributed by atoms with E-state index in [9.17, 15) is 4.79 Å². The number of pyridine rings is 1. The zero-order valence-electron chi connectivity index (χ0n) is 9.58. The van der Waals surface area contributed by atoms with Crippen molar-refractivity contribution in [2.75, 3.05) is 0 Å². The van der Waals surface area contributed by atoms with Gasteiger partial charge in [-0.25, -0.2) is 9.55 Å². The van der Waals surface area contributed by atoms with Crippen molar-refractivity contribution in [2.24, 2.45) is 7.05 Å². The van der Waals surface area contributed by atoms with Crippen LogP contribution in [0.2, 0.25) is 0 Å². The second kappa shape index (κ2) is 6.73. The van der Waals surface area contributed by atoms with Crippen molar-refractivity contribution in [1.29, 1.82) is 0 Å². The van der Waals surface area contributed by atoms with Gasteiger partial charge in [-0.2, -0.15) is 0 Å². The molecule has 0 N–H and O–H groups in total. The minimum atomic E-state index is 0. The molecule has 0 aliphatic carbocycles. The van der Waals surface area contributed by atoms with E-state index in [0.717, 1.165) is 15.6 Å². The Hall–Kier alpha value is -0.0961. The van der Waals surface area contributed by atoms with E-state index in [0.29, 0.717) is 0 Å². The first kappa shape index (κ1) is 15.0. The summed E-state index contributed by atoms with van der Waals surface area (Å²) in [6.45, 7) is 1.55. The van der Waals surface area contributed by atoms with Gasteiger partial charge >= 0.3 is 0 Å². The normalized spacial score (nSPS) is 9.76. The van der Waals surface area contributed by atoms with E-state index in [4.69, 9.17) is 0 Å². The van der Waals surface area contributed by atoms with Gasteiger partial charge in [-0.3, -0.25) is 4.79 Å². The Morgan fingerprint density at radius 3 is 2.65 bits per heavy atom. The molecule has 3 nitrogen and oxygen atoms in total. The fourth-order valence-corrected chi connectivity index (χ4v) is 2.86. The Morgan fingerprint density at radius 1 is 1.41 bits per heavy atom. The van der Waals surface area contributed by atoms with Gasteiger partial charge in [0.15, 0.2) is 21.8 Å². The number of carbonyl (C=O) groups is 1. The van der Waals surface area contributed by atoms with Crippen molar-refractivity contribution in [1.82, 2.24) is 4.98 Å². The van der Waals surface area contributed by atoms with Gasteiger partial charge < -0.3 is 0 Å². The number of hydrogen-bond donors (Lipinski definition) is 0. The Balaban J connectivity index is 0.00000144. The summed E-state index contributed by atoms with van der Waals surface area (Å²) in [4.78, 5) is 15.3. The van der Waals surface area contributed by atoms with Gasteiger partial charge in [0.05, 0.1) is 5.69 Å². The molecule has 0 aromatic carbocycles. The minimum absolute atomic E-state index is 0. The van der Waals surface area contributed by atoms with Gasteiger partial charge in [-0.1, -0.05) is 0 Å². The zero-order chi connectivity index (χ0) is 11.5. The molecule has 0 saturated heterocycles. The molecule has 0 bridgehead atoms. The Labute approximate surface area is 134 Å². The monoisotopic (exact) mass is 340 g/mol. The summed E-state index contributed by atoms with van der Waals surface area (Å²) in [5, 5.41) is 2.04. The number of nitrogens with zero attached hydrogens (tertiary/aromatic N) is 2. The largest absolute Gasteiger partial charge is 0.287 e. The molecule has 0 unspecified atom stereocenters. The number of rotatable bonds is 2. The third-order valence-electron chi connectivity index (χ3n) is 1.99. The third-order valence-corrected chi connectivity index (χ3v) is 3.71. The molecular weight excluding hydrogens is 329 g/mol. The maximum absolute atomic E-state index is 10.9. The van der Waals surface area contributed by atoms with Crippen molar-refractivity contribution in [3.63, 3.8) is 0 Å². The molecule has 0 saturated carbocycles. The summed E-state index contributed by atoms with van der Waals surface area (Å²) in [5.41, 5.74) is 2.00. The number of thiazole rings is 1. The summed E-state index contributed by atoms with van der Waals surface area (Å²) < 4.78 is 2.77. The number of hydrogen-bond acceptors (Lipinski definition) is 4. The van der Waals surface area contributed by atoms with E-state index in [2.05, 4.69) is 4.98 Å². The molecule has 0 amide bonds. The average Bonchev–Trinajstić information content (AvgIpc) is 2.66. The molecule has 0 fully saturated rings. The molecule has 2 heterocycles. The standard InChI is InChI=1S/C11H11N2OS2.Y/c1-8(14)16-11-12-10(7-15-11)9-3-5-13(2)6-4-9;/h3-7H,1-2H3;/q+1;. The Bertz CT molecular complexity index is 510. The summed E-state index contributed by atoms with van der Waals surface area (Å²) in [5.74, 6) is 0. The fraction of sp³-hybridized carbons (Fsp3) is 0.182. The number of aromatic nitrogens is 2. The van der Waals surface area contributed by atoms with Crippen LogP contribution < -0.4 is 4.57 Å². The van der Waals surface area contributed by atoms with Crippen LogP contribution in [0.3, 0.4) is 0 Å². The van der Waals surface area contributed by atoms with Gasteiger partial charge in [-0.05, 0) is 11.8 Å². The topological polar surface area (TPSA) is 33.8 Å². The molecule has 2 aromatic rings. The molecule has 2 aromatic heterocycles. The minimum Gasteiger partial charge on any atom is -0.287 e. The molecule has 85 valence electrons. The predicted molar refractivity (Wildman–Crippen MR) is 65.3 cm³/mol. The molecule has 0 aliphatic rings. The summed E-state index contributed by atoms with van der Waals surface area (Å²) in [6.07, 6.45) is 3.96. The van der Waals surface area contributed by atoms with Crippen molar-refractivity contribution < 1.29 is 42.1 Å². The van der Waals surface area contributed by atoms with E-state index in [1.54, 1.807) is 6.92 Å². The molecule has 0 atom stereocenters. The summed E-state index contributed by atoms with van der Waals surface area (Å²) in [6, 6.07) is 4.02. The Morgan fingerprint density at radius 2 is 2.06 bits per heavy atom. The molecule has 17 heavy (non-hydrogen) atoms. The summed E-state index contributed by atoms with van der Waals surface area (Å²) in [7, 11) is 1.97. The van der Waals surface area contributed by atoms with Crippen molar-refractivity contribution in [2.45, 2.75) is 11.3 Å². The maximum Gasteiger partial charge on any atom is 0.192 e. The SMILES string of the molecule is CC(=O)Sc1nc(-c2cc[n+](C)cc2)cs1.[Y]. The van der Waals surface area contributed by atoms with Crippen molar-refractivity contribution in [3.8, 4) is 11.3 Å². The van der Waals surface area contributed by atoms with Crippen LogP contribution in [0.4, 0.5) is 0 Å². The van der Waals surface area contributed by atoms with Crippen LogP contribution in [0, 0.1) is 0 Å². The third kappa shape index (κ3) is 4.25. The van der Waals surface area contributed by atoms with Gasteiger partial charge in [0.1, 0.15) is 7.05 Å². The molecular formula is C11H11N2OS2Y+. The molecule has 1 radical (unpaired) electrons. The molecule has 0 spiro atoms. The second-order valence-corrected chi connectivity index (χ2v) is 5.63. The van der Waals surface area contributed by atoms with Gasteiger partial charge in [0, 0.05) is 62.7 Å². The first-order chi connectivity index (χ1) is 7.65. The number of thioether (sulfide) groups is 1. The average molecular weight is 340 g/mol. The van der Waals surface area contributed by atoms with Crippen LogP contribution in [-0.2, 0) is 44.6 Å². The number of aryl methyl sites for hydroxylation is 1. The zero-order valence-corrected chi connectivity index (χ0v) is 14.1. The Kier molecular flexibility index (Phi) is 5.93. The number of carbonyl (C=O) groups excluding carboxylic acids is 1. The summed E-state index contributed by atoms with van der Waals surface area (Å²) >= 11 is 2.68. The van der Waals surface area contributed by atoms with Gasteiger partial charge in [-0.15, -0.1) is 11.3 Å². The smallest absolute Gasteiger partial charge is 0.192 e.